The molecule has 27 heavy (non-hydrogen) atoms. The van der Waals surface area contributed by atoms with Crippen LogP contribution < -0.4 is 4.74 Å². The average Bonchev–Trinajstić information content (AvgIpc) is 2.65. The maximum Gasteiger partial charge on any atom is 0.314 e. The number of sulfonamides is 1. The zero-order valence-corrected chi connectivity index (χ0v) is 16.8. The fourth-order valence-electron chi connectivity index (χ4n) is 3.59. The molecule has 0 aromatic heterocycles. The minimum Gasteiger partial charge on any atom is -0.426 e. The normalized spacial score (nSPS) is 16.3. The summed E-state index contributed by atoms with van der Waals surface area (Å²) < 4.78 is 32.5. The summed E-state index contributed by atoms with van der Waals surface area (Å²) >= 11 is 0. The van der Waals surface area contributed by atoms with Crippen molar-refractivity contribution in [3.63, 3.8) is 0 Å². The number of carbonyl (C=O) groups is 1. The maximum absolute atomic E-state index is 12.7. The number of carbonyl (C=O) groups excluding carboxylic acids is 1. The molecule has 0 unspecified atom stereocenters. The Kier molecular flexibility index (Phi) is 5.67. The lowest BCUT2D eigenvalue weighted by molar-refractivity contribution is -0.140. The number of hydrogen-bond donors (Lipinski definition) is 0. The van der Waals surface area contributed by atoms with Crippen molar-refractivity contribution < 1.29 is 17.9 Å². The van der Waals surface area contributed by atoms with Gasteiger partial charge in [-0.2, -0.15) is 4.31 Å². The van der Waals surface area contributed by atoms with Crippen molar-refractivity contribution in [3.8, 4) is 5.75 Å². The molecule has 2 aromatic carbocycles. The molecule has 0 spiro atoms. The van der Waals surface area contributed by atoms with Crippen LogP contribution in [-0.2, 0) is 14.8 Å². The van der Waals surface area contributed by atoms with Gasteiger partial charge in [-0.15, -0.1) is 0 Å². The van der Waals surface area contributed by atoms with Crippen LogP contribution in [0.5, 0.6) is 5.75 Å². The zero-order chi connectivity index (χ0) is 19.6. The Labute approximate surface area is 161 Å². The van der Waals surface area contributed by atoms with Crippen LogP contribution in [0.4, 0.5) is 0 Å². The fraction of sp³-hybridized carbons (Fsp3) is 0.381. The molecule has 0 N–H and O–H groups in total. The Morgan fingerprint density at radius 1 is 1.00 bits per heavy atom. The summed E-state index contributed by atoms with van der Waals surface area (Å²) in [6.07, 6.45) is 0.934. The fourth-order valence-corrected chi connectivity index (χ4v) is 5.08. The molecule has 1 aliphatic rings. The first-order valence-corrected chi connectivity index (χ1v) is 10.6. The van der Waals surface area contributed by atoms with Crippen molar-refractivity contribution in [2.75, 3.05) is 13.1 Å². The number of aryl methyl sites for hydroxylation is 3. The highest BCUT2D eigenvalue weighted by Crippen LogP contribution is 2.28. The van der Waals surface area contributed by atoms with E-state index >= 15 is 0 Å². The number of hydrogen-bond acceptors (Lipinski definition) is 4. The van der Waals surface area contributed by atoms with Gasteiger partial charge in [0.2, 0.25) is 10.0 Å². The van der Waals surface area contributed by atoms with Crippen LogP contribution in [0.25, 0.3) is 0 Å². The summed E-state index contributed by atoms with van der Waals surface area (Å²) in [6, 6.07) is 12.4. The highest BCUT2D eigenvalue weighted by Gasteiger charge is 2.33. The SMILES string of the molecule is Cc1cc(C)c(OC(=O)C2CCN(S(=O)(=O)c3ccccc3)CC2)c(C)c1. The van der Waals surface area contributed by atoms with Crippen LogP contribution in [0.3, 0.4) is 0 Å². The number of piperidine rings is 1. The highest BCUT2D eigenvalue weighted by atomic mass is 32.2. The monoisotopic (exact) mass is 387 g/mol. The summed E-state index contributed by atoms with van der Waals surface area (Å²) in [5.41, 5.74) is 3.00. The Bertz CT molecular complexity index is 907. The standard InChI is InChI=1S/C21H25NO4S/c1-15-13-16(2)20(17(3)14-15)26-21(23)18-9-11-22(12-10-18)27(24,25)19-7-5-4-6-8-19/h4-8,13-14,18H,9-12H2,1-3H3. The van der Waals surface area contributed by atoms with Gasteiger partial charge in [0, 0.05) is 13.1 Å². The molecule has 1 heterocycles. The molecule has 3 rings (SSSR count). The first-order valence-electron chi connectivity index (χ1n) is 9.14. The van der Waals surface area contributed by atoms with Crippen LogP contribution in [0.2, 0.25) is 0 Å². The predicted octanol–water partition coefficient (Wildman–Crippen LogP) is 3.62. The van der Waals surface area contributed by atoms with Crippen LogP contribution in [0.1, 0.15) is 29.5 Å². The largest absolute Gasteiger partial charge is 0.426 e. The third-order valence-corrected chi connectivity index (χ3v) is 6.89. The molecule has 5 nitrogen and oxygen atoms in total. The molecule has 0 bridgehead atoms. The topological polar surface area (TPSA) is 63.7 Å². The van der Waals surface area contributed by atoms with E-state index in [0.717, 1.165) is 16.7 Å². The molecule has 1 aliphatic heterocycles. The highest BCUT2D eigenvalue weighted by molar-refractivity contribution is 7.89. The van der Waals surface area contributed by atoms with Crippen molar-refractivity contribution in [2.24, 2.45) is 5.92 Å². The van der Waals surface area contributed by atoms with E-state index in [-0.39, 0.29) is 16.8 Å². The van der Waals surface area contributed by atoms with Gasteiger partial charge in [-0.1, -0.05) is 35.9 Å². The third kappa shape index (κ3) is 4.22. The van der Waals surface area contributed by atoms with E-state index in [0.29, 0.717) is 31.7 Å². The average molecular weight is 388 g/mol. The maximum atomic E-state index is 12.7. The van der Waals surface area contributed by atoms with Gasteiger partial charge in [-0.25, -0.2) is 8.42 Å². The molecule has 1 saturated heterocycles. The molecule has 0 radical (unpaired) electrons. The summed E-state index contributed by atoms with van der Waals surface area (Å²) in [7, 11) is -3.51. The number of esters is 1. The van der Waals surface area contributed by atoms with Crippen molar-refractivity contribution >= 4 is 16.0 Å². The van der Waals surface area contributed by atoms with E-state index in [1.54, 1.807) is 30.3 Å². The molecule has 0 amide bonds. The van der Waals surface area contributed by atoms with Crippen LogP contribution >= 0.6 is 0 Å². The van der Waals surface area contributed by atoms with Gasteiger partial charge in [0.05, 0.1) is 10.8 Å². The molecule has 144 valence electrons. The van der Waals surface area contributed by atoms with E-state index in [4.69, 9.17) is 4.74 Å². The van der Waals surface area contributed by atoms with Crippen molar-refractivity contribution in [2.45, 2.75) is 38.5 Å². The molecule has 6 heteroatoms. The van der Waals surface area contributed by atoms with Gasteiger partial charge in [0.15, 0.2) is 0 Å². The lowest BCUT2D eigenvalue weighted by Gasteiger charge is -2.30. The van der Waals surface area contributed by atoms with E-state index in [2.05, 4.69) is 0 Å². The quantitative estimate of drug-likeness (QED) is 0.594. The minimum atomic E-state index is -3.51. The second-order valence-electron chi connectivity index (χ2n) is 7.14. The number of benzene rings is 2. The van der Waals surface area contributed by atoms with E-state index in [9.17, 15) is 13.2 Å². The summed E-state index contributed by atoms with van der Waals surface area (Å²) in [5.74, 6) is 0.0547. The Hall–Kier alpha value is -2.18. The van der Waals surface area contributed by atoms with Crippen LogP contribution in [0.15, 0.2) is 47.4 Å². The number of rotatable bonds is 4. The van der Waals surface area contributed by atoms with Gasteiger partial charge >= 0.3 is 5.97 Å². The van der Waals surface area contributed by atoms with Crippen LogP contribution in [-0.4, -0.2) is 31.8 Å². The molecule has 2 aromatic rings. The van der Waals surface area contributed by atoms with Gasteiger partial charge in [-0.05, 0) is 56.9 Å². The van der Waals surface area contributed by atoms with E-state index in [1.807, 2.05) is 32.9 Å². The number of nitrogens with zero attached hydrogens (tertiary/aromatic N) is 1. The first kappa shape index (κ1) is 19.6. The smallest absolute Gasteiger partial charge is 0.314 e. The lowest BCUT2D eigenvalue weighted by Crippen LogP contribution is -2.41. The molecular weight excluding hydrogens is 362 g/mol. The number of ether oxygens (including phenoxy) is 1. The Morgan fingerprint density at radius 2 is 1.56 bits per heavy atom. The van der Waals surface area contributed by atoms with Crippen molar-refractivity contribution in [1.82, 2.24) is 4.31 Å². The van der Waals surface area contributed by atoms with Gasteiger partial charge in [0.1, 0.15) is 5.75 Å². The Balaban J connectivity index is 1.65. The lowest BCUT2D eigenvalue weighted by atomic mass is 9.98. The molecule has 1 fully saturated rings. The second-order valence-corrected chi connectivity index (χ2v) is 9.08. The van der Waals surface area contributed by atoms with Gasteiger partial charge in [0.25, 0.3) is 0 Å². The minimum absolute atomic E-state index is 0.276. The van der Waals surface area contributed by atoms with Crippen LogP contribution in [0, 0.1) is 26.7 Å². The van der Waals surface area contributed by atoms with Gasteiger partial charge in [-0.3, -0.25) is 4.79 Å². The summed E-state index contributed by atoms with van der Waals surface area (Å²) in [5, 5.41) is 0. The molecule has 0 atom stereocenters. The predicted molar refractivity (Wildman–Crippen MR) is 104 cm³/mol. The summed E-state index contributed by atoms with van der Waals surface area (Å²) in [6.45, 7) is 6.51. The van der Waals surface area contributed by atoms with Crippen molar-refractivity contribution in [1.29, 1.82) is 0 Å². The zero-order valence-electron chi connectivity index (χ0n) is 15.9. The third-order valence-electron chi connectivity index (χ3n) is 4.98. The van der Waals surface area contributed by atoms with Crippen molar-refractivity contribution in [3.05, 3.63) is 59.2 Å². The first-order chi connectivity index (χ1) is 12.8. The summed E-state index contributed by atoms with van der Waals surface area (Å²) in [4.78, 5) is 12.9. The van der Waals surface area contributed by atoms with Gasteiger partial charge < -0.3 is 4.74 Å². The molecule has 0 saturated carbocycles. The second kappa shape index (κ2) is 7.82. The van der Waals surface area contributed by atoms with E-state index < -0.39 is 10.0 Å². The Morgan fingerprint density at radius 3 is 2.11 bits per heavy atom. The molecule has 0 aliphatic carbocycles. The van der Waals surface area contributed by atoms with E-state index in [1.165, 1.54) is 4.31 Å². The molecular formula is C21H25NO4S.